The first-order valence-corrected chi connectivity index (χ1v) is 10.4. The van der Waals surface area contributed by atoms with E-state index in [9.17, 15) is 4.79 Å². The Bertz CT molecular complexity index is 455. The van der Waals surface area contributed by atoms with Crippen molar-refractivity contribution in [1.29, 1.82) is 0 Å². The first-order chi connectivity index (χ1) is 12.6. The van der Waals surface area contributed by atoms with Crippen molar-refractivity contribution in [2.75, 3.05) is 66.0 Å². The predicted octanol–water partition coefficient (Wildman–Crippen LogP) is 0.580. The summed E-state index contributed by atoms with van der Waals surface area (Å²) in [5.74, 6) is 1.14. The van der Waals surface area contributed by atoms with Crippen LogP contribution in [0, 0.1) is 0 Å². The van der Waals surface area contributed by atoms with Crippen molar-refractivity contribution in [1.82, 2.24) is 25.3 Å². The molecule has 0 saturated carbocycles. The second-order valence-electron chi connectivity index (χ2n) is 7.44. The van der Waals surface area contributed by atoms with Crippen LogP contribution in [-0.4, -0.2) is 98.6 Å². The number of nitrogens with one attached hydrogen (secondary N) is 2. The molecule has 2 aliphatic rings. The van der Waals surface area contributed by atoms with E-state index in [1.807, 2.05) is 11.8 Å². The minimum Gasteiger partial charge on any atom is -0.357 e. The van der Waals surface area contributed by atoms with E-state index >= 15 is 0 Å². The molecule has 1 amide bonds. The Balaban J connectivity index is 1.71. The molecule has 0 bridgehead atoms. The van der Waals surface area contributed by atoms with E-state index in [0.29, 0.717) is 12.5 Å². The van der Waals surface area contributed by atoms with Crippen LogP contribution in [0.1, 0.15) is 39.5 Å². The molecule has 2 aliphatic heterocycles. The van der Waals surface area contributed by atoms with Gasteiger partial charge in [-0.3, -0.25) is 9.79 Å². The van der Waals surface area contributed by atoms with E-state index in [-0.39, 0.29) is 5.91 Å². The third-order valence-electron chi connectivity index (χ3n) is 5.24. The van der Waals surface area contributed by atoms with Crippen molar-refractivity contribution >= 4 is 11.9 Å². The molecule has 0 radical (unpaired) electrons. The summed E-state index contributed by atoms with van der Waals surface area (Å²) in [6.45, 7) is 13.2. The summed E-state index contributed by atoms with van der Waals surface area (Å²) in [7, 11) is 2.21. The molecule has 0 aromatic heterocycles. The lowest BCUT2D eigenvalue weighted by atomic mass is 10.3. The lowest BCUT2D eigenvalue weighted by Crippen LogP contribution is -2.45. The Labute approximate surface area is 159 Å². The topological polar surface area (TPSA) is 63.2 Å². The Hall–Kier alpha value is -1.34. The van der Waals surface area contributed by atoms with Gasteiger partial charge >= 0.3 is 0 Å². The number of aliphatic imine (C=N–C) groups is 1. The SMILES string of the molecule is CCNC(=NCCCN1CCCN(C)CC1)NC1CCN(C(=O)CC)C1. The fourth-order valence-electron chi connectivity index (χ4n) is 3.65. The highest BCUT2D eigenvalue weighted by atomic mass is 16.2. The predicted molar refractivity (Wildman–Crippen MR) is 108 cm³/mol. The summed E-state index contributed by atoms with van der Waals surface area (Å²) in [6.07, 6.45) is 3.94. The van der Waals surface area contributed by atoms with Crippen molar-refractivity contribution in [3.63, 3.8) is 0 Å². The standard InChI is InChI=1S/C19H38N6O/c1-4-18(26)25-13-8-17(16-25)22-19(20-5-2)21-9-6-11-24-12-7-10-23(3)14-15-24/h17H,4-16H2,1-3H3,(H2,20,21,22). The summed E-state index contributed by atoms with van der Waals surface area (Å²) < 4.78 is 0. The van der Waals surface area contributed by atoms with Gasteiger partial charge < -0.3 is 25.3 Å². The molecular weight excluding hydrogens is 328 g/mol. The highest BCUT2D eigenvalue weighted by molar-refractivity contribution is 5.80. The second kappa shape index (κ2) is 11.4. The van der Waals surface area contributed by atoms with Crippen molar-refractivity contribution in [2.24, 2.45) is 4.99 Å². The van der Waals surface area contributed by atoms with Gasteiger partial charge in [-0.25, -0.2) is 0 Å². The van der Waals surface area contributed by atoms with Gasteiger partial charge in [-0.1, -0.05) is 6.92 Å². The van der Waals surface area contributed by atoms with E-state index in [2.05, 4.69) is 34.4 Å². The molecular formula is C19H38N6O. The van der Waals surface area contributed by atoms with Crippen LogP contribution in [0.4, 0.5) is 0 Å². The van der Waals surface area contributed by atoms with Crippen LogP contribution in [0.5, 0.6) is 0 Å². The molecule has 1 atom stereocenters. The van der Waals surface area contributed by atoms with Crippen LogP contribution in [0.2, 0.25) is 0 Å². The highest BCUT2D eigenvalue weighted by Gasteiger charge is 2.25. The fraction of sp³-hybridized carbons (Fsp3) is 0.895. The van der Waals surface area contributed by atoms with E-state index < -0.39 is 0 Å². The quantitative estimate of drug-likeness (QED) is 0.392. The molecule has 7 nitrogen and oxygen atoms in total. The maximum atomic E-state index is 11.8. The fourth-order valence-corrected chi connectivity index (χ4v) is 3.65. The first-order valence-electron chi connectivity index (χ1n) is 10.4. The summed E-state index contributed by atoms with van der Waals surface area (Å²) in [5.41, 5.74) is 0. The lowest BCUT2D eigenvalue weighted by Gasteiger charge is -2.20. The number of hydrogen-bond donors (Lipinski definition) is 2. The largest absolute Gasteiger partial charge is 0.357 e. The summed E-state index contributed by atoms with van der Waals surface area (Å²) in [4.78, 5) is 23.5. The molecule has 2 fully saturated rings. The van der Waals surface area contributed by atoms with Crippen LogP contribution in [0.15, 0.2) is 4.99 Å². The summed E-state index contributed by atoms with van der Waals surface area (Å²) in [6, 6.07) is 0.310. The molecule has 2 saturated heterocycles. The van der Waals surface area contributed by atoms with Crippen LogP contribution < -0.4 is 10.6 Å². The minimum absolute atomic E-state index is 0.249. The monoisotopic (exact) mass is 366 g/mol. The molecule has 0 aromatic carbocycles. The lowest BCUT2D eigenvalue weighted by molar-refractivity contribution is -0.129. The van der Waals surface area contributed by atoms with Gasteiger partial charge in [0.05, 0.1) is 0 Å². The molecule has 7 heteroatoms. The smallest absolute Gasteiger partial charge is 0.222 e. The van der Waals surface area contributed by atoms with Crippen molar-refractivity contribution < 1.29 is 4.79 Å². The van der Waals surface area contributed by atoms with E-state index in [0.717, 1.165) is 51.5 Å². The maximum absolute atomic E-state index is 11.8. The van der Waals surface area contributed by atoms with Crippen LogP contribution >= 0.6 is 0 Å². The zero-order valence-corrected chi connectivity index (χ0v) is 17.0. The van der Waals surface area contributed by atoms with Gasteiger partial charge in [-0.15, -0.1) is 0 Å². The van der Waals surface area contributed by atoms with Crippen molar-refractivity contribution in [2.45, 2.75) is 45.6 Å². The molecule has 1 unspecified atom stereocenters. The Kier molecular flexibility index (Phi) is 9.18. The third kappa shape index (κ3) is 7.11. The molecule has 0 aromatic rings. The Morgan fingerprint density at radius 2 is 2.00 bits per heavy atom. The number of nitrogens with zero attached hydrogens (tertiary/aromatic N) is 4. The summed E-state index contributed by atoms with van der Waals surface area (Å²) >= 11 is 0. The van der Waals surface area contributed by atoms with Gasteiger partial charge in [0.2, 0.25) is 5.91 Å². The maximum Gasteiger partial charge on any atom is 0.222 e. The average molecular weight is 367 g/mol. The Morgan fingerprint density at radius 3 is 2.77 bits per heavy atom. The molecule has 0 spiro atoms. The van der Waals surface area contributed by atoms with Gasteiger partial charge in [0.15, 0.2) is 5.96 Å². The minimum atomic E-state index is 0.249. The molecule has 2 heterocycles. The van der Waals surface area contributed by atoms with Gasteiger partial charge in [-0.2, -0.15) is 0 Å². The van der Waals surface area contributed by atoms with Crippen LogP contribution in [-0.2, 0) is 4.79 Å². The normalized spacial score (nSPS) is 23.1. The number of guanidine groups is 1. The number of amides is 1. The Morgan fingerprint density at radius 1 is 1.15 bits per heavy atom. The van der Waals surface area contributed by atoms with Crippen LogP contribution in [0.3, 0.4) is 0 Å². The van der Waals surface area contributed by atoms with Gasteiger partial charge in [-0.05, 0) is 52.9 Å². The molecule has 0 aliphatic carbocycles. The number of likely N-dealkylation sites (N-methyl/N-ethyl adjacent to an activating group) is 1. The zero-order valence-electron chi connectivity index (χ0n) is 17.0. The highest BCUT2D eigenvalue weighted by Crippen LogP contribution is 2.10. The molecule has 2 rings (SSSR count). The third-order valence-corrected chi connectivity index (χ3v) is 5.24. The van der Waals surface area contributed by atoms with E-state index in [1.54, 1.807) is 0 Å². The number of carbonyl (C=O) groups is 1. The van der Waals surface area contributed by atoms with Crippen molar-refractivity contribution in [3.8, 4) is 0 Å². The molecule has 150 valence electrons. The van der Waals surface area contributed by atoms with E-state index in [1.165, 1.54) is 32.6 Å². The van der Waals surface area contributed by atoms with Gasteiger partial charge in [0.25, 0.3) is 0 Å². The zero-order chi connectivity index (χ0) is 18.8. The van der Waals surface area contributed by atoms with Gasteiger partial charge in [0, 0.05) is 51.7 Å². The van der Waals surface area contributed by atoms with Gasteiger partial charge in [0.1, 0.15) is 0 Å². The molecule has 2 N–H and O–H groups in total. The van der Waals surface area contributed by atoms with Crippen LogP contribution in [0.25, 0.3) is 0 Å². The number of hydrogen-bond acceptors (Lipinski definition) is 4. The number of likely N-dealkylation sites (tertiary alicyclic amines) is 1. The molecule has 26 heavy (non-hydrogen) atoms. The number of rotatable bonds is 7. The first kappa shape index (κ1) is 21.0. The summed E-state index contributed by atoms with van der Waals surface area (Å²) in [5, 5.41) is 6.84. The average Bonchev–Trinajstić information content (AvgIpc) is 3.00. The second-order valence-corrected chi connectivity index (χ2v) is 7.44. The van der Waals surface area contributed by atoms with E-state index in [4.69, 9.17) is 4.99 Å². The number of carbonyl (C=O) groups excluding carboxylic acids is 1. The van der Waals surface area contributed by atoms with Crippen molar-refractivity contribution in [3.05, 3.63) is 0 Å².